The Kier molecular flexibility index (Phi) is 7.55. The normalized spacial score (nSPS) is 12.9. The lowest BCUT2D eigenvalue weighted by atomic mass is 9.82. The lowest BCUT2D eigenvalue weighted by Gasteiger charge is -2.28. The van der Waals surface area contributed by atoms with Crippen molar-refractivity contribution in [1.29, 1.82) is 0 Å². The van der Waals surface area contributed by atoms with E-state index >= 15 is 0 Å². The van der Waals surface area contributed by atoms with Crippen molar-refractivity contribution in [3.63, 3.8) is 0 Å². The molecule has 0 fully saturated rings. The molecule has 0 N–H and O–H groups in total. The lowest BCUT2D eigenvalue weighted by molar-refractivity contribution is 0.660. The van der Waals surface area contributed by atoms with E-state index in [4.69, 9.17) is 0 Å². The van der Waals surface area contributed by atoms with Crippen LogP contribution in [-0.4, -0.2) is 4.57 Å². The molecule has 1 aliphatic rings. The molecular formula is C55H40N2. The summed E-state index contributed by atoms with van der Waals surface area (Å²) in [7, 11) is 0. The van der Waals surface area contributed by atoms with Crippen LogP contribution in [0.15, 0.2) is 206 Å². The van der Waals surface area contributed by atoms with Crippen LogP contribution < -0.4 is 4.90 Å². The molecule has 0 unspecified atom stereocenters. The second-order valence-electron chi connectivity index (χ2n) is 15.8. The van der Waals surface area contributed by atoms with Gasteiger partial charge in [-0.25, -0.2) is 0 Å². The molecule has 2 heteroatoms. The van der Waals surface area contributed by atoms with Gasteiger partial charge in [0.05, 0.1) is 11.0 Å². The molecule has 0 aliphatic heterocycles. The van der Waals surface area contributed by atoms with Crippen LogP contribution in [0.5, 0.6) is 0 Å². The van der Waals surface area contributed by atoms with Gasteiger partial charge in [0.25, 0.3) is 0 Å². The Morgan fingerprint density at radius 1 is 0.386 bits per heavy atom. The predicted molar refractivity (Wildman–Crippen MR) is 241 cm³/mol. The van der Waals surface area contributed by atoms with Crippen molar-refractivity contribution in [3.05, 3.63) is 217 Å². The number of anilines is 3. The fourth-order valence-corrected chi connectivity index (χ4v) is 9.32. The lowest BCUT2D eigenvalue weighted by Crippen LogP contribution is -2.17. The summed E-state index contributed by atoms with van der Waals surface area (Å²) >= 11 is 0. The molecule has 270 valence electrons. The van der Waals surface area contributed by atoms with Crippen molar-refractivity contribution >= 4 is 49.6 Å². The van der Waals surface area contributed by atoms with Crippen LogP contribution in [0, 0.1) is 0 Å². The highest BCUT2D eigenvalue weighted by Gasteiger charge is 2.36. The van der Waals surface area contributed by atoms with Crippen molar-refractivity contribution in [3.8, 4) is 39.1 Å². The number of benzene rings is 9. The summed E-state index contributed by atoms with van der Waals surface area (Å²) in [6.07, 6.45) is 0. The maximum absolute atomic E-state index is 2.46. The van der Waals surface area contributed by atoms with Gasteiger partial charge in [-0.05, 0) is 116 Å². The molecule has 9 aromatic carbocycles. The first kappa shape index (κ1) is 33.2. The van der Waals surface area contributed by atoms with Crippen LogP contribution in [0.2, 0.25) is 0 Å². The van der Waals surface area contributed by atoms with Crippen molar-refractivity contribution in [2.24, 2.45) is 0 Å². The van der Waals surface area contributed by atoms with Crippen LogP contribution in [-0.2, 0) is 5.41 Å². The third-order valence-corrected chi connectivity index (χ3v) is 12.2. The molecule has 1 aromatic heterocycles. The molecule has 0 spiro atoms. The zero-order valence-electron chi connectivity index (χ0n) is 32.0. The summed E-state index contributed by atoms with van der Waals surface area (Å²) in [6, 6.07) is 75.5. The number of para-hydroxylation sites is 1. The summed E-state index contributed by atoms with van der Waals surface area (Å²) in [4.78, 5) is 2.40. The molecule has 1 aliphatic carbocycles. The largest absolute Gasteiger partial charge is 0.310 e. The third kappa shape index (κ3) is 5.33. The minimum Gasteiger partial charge on any atom is -0.310 e. The van der Waals surface area contributed by atoms with Gasteiger partial charge < -0.3 is 9.47 Å². The Hall–Kier alpha value is -7.16. The molecule has 0 bridgehead atoms. The summed E-state index contributed by atoms with van der Waals surface area (Å²) in [5.74, 6) is 0. The summed E-state index contributed by atoms with van der Waals surface area (Å²) in [5.41, 5.74) is 17.0. The van der Waals surface area contributed by atoms with Gasteiger partial charge in [-0.2, -0.15) is 0 Å². The maximum Gasteiger partial charge on any atom is 0.0547 e. The van der Waals surface area contributed by atoms with E-state index in [0.717, 1.165) is 17.1 Å². The average molecular weight is 729 g/mol. The number of fused-ring (bicyclic) bond motifs is 8. The minimum atomic E-state index is -0.220. The van der Waals surface area contributed by atoms with Gasteiger partial charge in [0.2, 0.25) is 0 Å². The van der Waals surface area contributed by atoms with Crippen molar-refractivity contribution in [2.45, 2.75) is 19.3 Å². The van der Waals surface area contributed by atoms with E-state index in [-0.39, 0.29) is 5.41 Å². The second-order valence-corrected chi connectivity index (χ2v) is 15.8. The maximum atomic E-state index is 2.46. The number of aromatic nitrogens is 1. The summed E-state index contributed by atoms with van der Waals surface area (Å²) < 4.78 is 2.46. The van der Waals surface area contributed by atoms with Gasteiger partial charge in [-0.1, -0.05) is 159 Å². The van der Waals surface area contributed by atoms with E-state index in [0.29, 0.717) is 0 Å². The Balaban J connectivity index is 1.02. The van der Waals surface area contributed by atoms with Gasteiger partial charge in [0, 0.05) is 38.9 Å². The van der Waals surface area contributed by atoms with Gasteiger partial charge in [-0.15, -0.1) is 0 Å². The van der Waals surface area contributed by atoms with Gasteiger partial charge in [-0.3, -0.25) is 0 Å². The number of hydrogen-bond donors (Lipinski definition) is 0. The van der Waals surface area contributed by atoms with Crippen LogP contribution >= 0.6 is 0 Å². The topological polar surface area (TPSA) is 8.17 Å². The molecular weight excluding hydrogens is 689 g/mol. The predicted octanol–water partition coefficient (Wildman–Crippen LogP) is 15.0. The molecule has 0 radical (unpaired) electrons. The van der Waals surface area contributed by atoms with Crippen LogP contribution in [0.25, 0.3) is 71.6 Å². The first-order valence-corrected chi connectivity index (χ1v) is 19.8. The van der Waals surface area contributed by atoms with Crippen LogP contribution in [0.4, 0.5) is 17.1 Å². The van der Waals surface area contributed by atoms with Crippen molar-refractivity contribution in [2.75, 3.05) is 4.90 Å². The second kappa shape index (κ2) is 13.0. The zero-order valence-corrected chi connectivity index (χ0v) is 32.0. The number of rotatable bonds is 6. The van der Waals surface area contributed by atoms with Gasteiger partial charge >= 0.3 is 0 Å². The summed E-state index contributed by atoms with van der Waals surface area (Å²) in [6.45, 7) is 4.77. The molecule has 57 heavy (non-hydrogen) atoms. The Labute approximate surface area is 333 Å². The molecule has 0 amide bonds. The Morgan fingerprint density at radius 3 is 1.54 bits per heavy atom. The fourth-order valence-electron chi connectivity index (χ4n) is 9.32. The molecule has 10 aromatic rings. The van der Waals surface area contributed by atoms with Crippen molar-refractivity contribution < 1.29 is 0 Å². The first-order chi connectivity index (χ1) is 28.0. The fraction of sp³-hybridized carbons (Fsp3) is 0.0545. The van der Waals surface area contributed by atoms with Crippen LogP contribution in [0.1, 0.15) is 25.0 Å². The highest BCUT2D eigenvalue weighted by molar-refractivity contribution is 6.21. The third-order valence-electron chi connectivity index (χ3n) is 12.2. The molecule has 2 nitrogen and oxygen atoms in total. The average Bonchev–Trinajstić information content (AvgIpc) is 3.73. The smallest absolute Gasteiger partial charge is 0.0547 e. The minimum absolute atomic E-state index is 0.220. The monoisotopic (exact) mass is 728 g/mol. The van der Waals surface area contributed by atoms with Crippen molar-refractivity contribution in [1.82, 2.24) is 4.57 Å². The Bertz CT molecular complexity index is 3030. The zero-order chi connectivity index (χ0) is 38.1. The Morgan fingerprint density at radius 2 is 0.895 bits per heavy atom. The molecule has 1 heterocycles. The first-order valence-electron chi connectivity index (χ1n) is 19.8. The summed E-state index contributed by atoms with van der Waals surface area (Å²) in [5, 5.41) is 5.15. The molecule has 0 saturated carbocycles. The van der Waals surface area contributed by atoms with E-state index in [1.54, 1.807) is 0 Å². The molecule has 0 atom stereocenters. The molecule has 11 rings (SSSR count). The highest BCUT2D eigenvalue weighted by atomic mass is 15.1. The van der Waals surface area contributed by atoms with E-state index < -0.39 is 0 Å². The van der Waals surface area contributed by atoms with Gasteiger partial charge in [0.1, 0.15) is 0 Å². The number of hydrogen-bond acceptors (Lipinski definition) is 1. The van der Waals surface area contributed by atoms with Crippen LogP contribution in [0.3, 0.4) is 0 Å². The van der Waals surface area contributed by atoms with E-state index in [1.807, 2.05) is 0 Å². The standard InChI is InChI=1S/C55H40N2/c1-55(2)50-35-44(56(42-26-21-39(22-27-42)37-13-5-3-6-14-37)43-28-23-40(24-29-43)38-15-7-4-8-16-38)30-32-47(50)48-33-31-45(36-51(48)55)57-52-20-12-11-19-49(52)54-46-18-10-9-17-41(46)25-34-53(54)57/h3-36H,1-2H3. The number of nitrogens with zero attached hydrogens (tertiary/aromatic N) is 2. The van der Waals surface area contributed by atoms with E-state index in [9.17, 15) is 0 Å². The SMILES string of the molecule is CC1(C)c2cc(N(c3ccc(-c4ccccc4)cc3)c3ccc(-c4ccccc4)cc3)ccc2-c2ccc(-n3c4ccccc4c4c5ccccc5ccc43)cc21. The van der Waals surface area contributed by atoms with E-state index in [1.165, 1.54) is 82.8 Å². The highest BCUT2D eigenvalue weighted by Crippen LogP contribution is 2.52. The van der Waals surface area contributed by atoms with Gasteiger partial charge in [0.15, 0.2) is 0 Å². The quantitative estimate of drug-likeness (QED) is 0.165. The van der Waals surface area contributed by atoms with E-state index in [2.05, 4.69) is 230 Å². The molecule has 0 saturated heterocycles.